The lowest BCUT2D eigenvalue weighted by Crippen LogP contribution is -2.45. The molecule has 1 N–H and O–H groups in total. The monoisotopic (exact) mass is 458 g/mol. The molecule has 5 rings (SSSR count). The van der Waals surface area contributed by atoms with Gasteiger partial charge in [0.05, 0.1) is 6.04 Å². The summed E-state index contributed by atoms with van der Waals surface area (Å²) in [6.45, 7) is 6.69. The second-order valence-electron chi connectivity index (χ2n) is 10.0. The molecule has 1 aliphatic heterocycles. The molecular weight excluding hydrogens is 424 g/mol. The van der Waals surface area contributed by atoms with Crippen molar-refractivity contribution < 1.29 is 0 Å². The van der Waals surface area contributed by atoms with E-state index in [4.69, 9.17) is 11.6 Å². The van der Waals surface area contributed by atoms with Crippen LogP contribution in [0.5, 0.6) is 0 Å². The van der Waals surface area contributed by atoms with Crippen LogP contribution in [0, 0.1) is 17.8 Å². The Morgan fingerprint density at radius 1 is 1.09 bits per heavy atom. The Bertz CT molecular complexity index is 1100. The number of nitrogens with one attached hydrogen (secondary N) is 1. The van der Waals surface area contributed by atoms with Crippen LogP contribution in [-0.2, 0) is 12.8 Å². The Morgan fingerprint density at radius 3 is 2.73 bits per heavy atom. The Morgan fingerprint density at radius 2 is 1.94 bits per heavy atom. The molecule has 0 radical (unpaired) electrons. The summed E-state index contributed by atoms with van der Waals surface area (Å²) >= 11 is 6.53. The third-order valence-corrected chi connectivity index (χ3v) is 7.96. The third kappa shape index (κ3) is 5.32. The molecule has 1 saturated carbocycles. The van der Waals surface area contributed by atoms with Crippen LogP contribution in [0.3, 0.4) is 0 Å². The minimum atomic E-state index is 0.253. The summed E-state index contributed by atoms with van der Waals surface area (Å²) in [5, 5.41) is 4.73. The molecule has 0 amide bonds. The molecule has 2 aromatic rings. The highest BCUT2D eigenvalue weighted by atomic mass is 35.5. The first-order valence-electron chi connectivity index (χ1n) is 12.7. The molecule has 2 aliphatic carbocycles. The zero-order valence-electron chi connectivity index (χ0n) is 20.0. The van der Waals surface area contributed by atoms with E-state index in [0.717, 1.165) is 37.4 Å². The number of fused-ring (bicyclic) bond motifs is 1. The average molecular weight is 459 g/mol. The quantitative estimate of drug-likeness (QED) is 0.502. The molecule has 33 heavy (non-hydrogen) atoms. The van der Waals surface area contributed by atoms with Crippen LogP contribution in [0.2, 0.25) is 5.02 Å². The summed E-state index contributed by atoms with van der Waals surface area (Å²) in [6.07, 6.45) is 8.28. The van der Waals surface area contributed by atoms with Crippen LogP contribution in [-0.4, -0.2) is 24.0 Å². The first-order valence-corrected chi connectivity index (χ1v) is 13.1. The molecule has 3 heteroatoms. The molecule has 2 unspecified atom stereocenters. The van der Waals surface area contributed by atoms with Crippen molar-refractivity contribution in [3.05, 3.63) is 81.0 Å². The minimum absolute atomic E-state index is 0.253. The summed E-state index contributed by atoms with van der Waals surface area (Å²) in [7, 11) is 0. The number of benzene rings is 2. The molecule has 2 aromatic carbocycles. The SMILES string of the molecule is CCC(NC1=C(C)CCN(C2CCc3ccc(C#CC4CC4)cc3C2)C1)c1ccccc1Cl. The molecule has 3 aliphatic rings. The molecule has 1 heterocycles. The topological polar surface area (TPSA) is 15.3 Å². The van der Waals surface area contributed by atoms with Crippen LogP contribution in [0.15, 0.2) is 53.7 Å². The normalized spacial score (nSPS) is 21.7. The number of halogens is 1. The molecule has 172 valence electrons. The van der Waals surface area contributed by atoms with Gasteiger partial charge in [0.2, 0.25) is 0 Å². The number of hydrogen-bond acceptors (Lipinski definition) is 2. The van der Waals surface area contributed by atoms with Crippen LogP contribution in [0.1, 0.15) is 74.2 Å². The number of aryl methyl sites for hydroxylation is 1. The summed E-state index contributed by atoms with van der Waals surface area (Å²) in [4.78, 5) is 2.71. The molecule has 0 saturated heterocycles. The first kappa shape index (κ1) is 22.6. The van der Waals surface area contributed by atoms with E-state index in [1.165, 1.54) is 59.2 Å². The van der Waals surface area contributed by atoms with Crippen molar-refractivity contribution in [2.45, 2.75) is 70.9 Å². The van der Waals surface area contributed by atoms with Crippen LogP contribution >= 0.6 is 11.6 Å². The molecular formula is C30H35ClN2. The van der Waals surface area contributed by atoms with Gasteiger partial charge in [-0.2, -0.15) is 0 Å². The zero-order valence-corrected chi connectivity index (χ0v) is 20.7. The maximum atomic E-state index is 6.53. The van der Waals surface area contributed by atoms with Crippen molar-refractivity contribution in [2.24, 2.45) is 5.92 Å². The molecule has 0 aromatic heterocycles. The van der Waals surface area contributed by atoms with Crippen molar-refractivity contribution in [2.75, 3.05) is 13.1 Å². The van der Waals surface area contributed by atoms with Crippen molar-refractivity contribution in [1.82, 2.24) is 10.2 Å². The Kier molecular flexibility index (Phi) is 6.81. The van der Waals surface area contributed by atoms with E-state index in [1.54, 1.807) is 0 Å². The lowest BCUT2D eigenvalue weighted by molar-refractivity contribution is 0.182. The van der Waals surface area contributed by atoms with Gasteiger partial charge in [-0.05, 0) is 86.8 Å². The molecule has 2 atom stereocenters. The zero-order chi connectivity index (χ0) is 22.8. The van der Waals surface area contributed by atoms with Gasteiger partial charge in [-0.3, -0.25) is 4.90 Å². The molecule has 1 fully saturated rings. The highest BCUT2D eigenvalue weighted by Gasteiger charge is 2.28. The van der Waals surface area contributed by atoms with Crippen LogP contribution < -0.4 is 5.32 Å². The van der Waals surface area contributed by atoms with Gasteiger partial charge in [0.15, 0.2) is 0 Å². The first-order chi connectivity index (χ1) is 16.1. The van der Waals surface area contributed by atoms with E-state index in [-0.39, 0.29) is 6.04 Å². The van der Waals surface area contributed by atoms with Gasteiger partial charge < -0.3 is 5.32 Å². The van der Waals surface area contributed by atoms with E-state index in [9.17, 15) is 0 Å². The van der Waals surface area contributed by atoms with E-state index >= 15 is 0 Å². The highest BCUT2D eigenvalue weighted by molar-refractivity contribution is 6.31. The van der Waals surface area contributed by atoms with Gasteiger partial charge in [-0.15, -0.1) is 0 Å². The molecule has 0 bridgehead atoms. The molecule has 2 nitrogen and oxygen atoms in total. The smallest absolute Gasteiger partial charge is 0.0523 e. The standard InChI is InChI=1S/C30H35ClN2/c1-3-29(27-6-4-5-7-28(27)31)32-30-20-33(17-16-21(30)2)26-15-14-24-13-12-23(18-25(24)19-26)11-10-22-8-9-22/h4-7,12-13,18,22,26,29,32H,3,8-9,14-17,19-20H2,1-2H3. The predicted molar refractivity (Wildman–Crippen MR) is 138 cm³/mol. The summed E-state index contributed by atoms with van der Waals surface area (Å²) in [5.41, 5.74) is 8.31. The van der Waals surface area contributed by atoms with E-state index in [2.05, 4.69) is 66.2 Å². The average Bonchev–Trinajstić information content (AvgIpc) is 3.67. The van der Waals surface area contributed by atoms with Crippen molar-refractivity contribution in [3.63, 3.8) is 0 Å². The van der Waals surface area contributed by atoms with Gasteiger partial charge in [0, 0.05) is 41.3 Å². The largest absolute Gasteiger partial charge is 0.380 e. The maximum absolute atomic E-state index is 6.53. The summed E-state index contributed by atoms with van der Waals surface area (Å²) < 4.78 is 0. The van der Waals surface area contributed by atoms with Crippen LogP contribution in [0.4, 0.5) is 0 Å². The van der Waals surface area contributed by atoms with Crippen molar-refractivity contribution >= 4 is 11.6 Å². The predicted octanol–water partition coefficient (Wildman–Crippen LogP) is 6.68. The lowest BCUT2D eigenvalue weighted by atomic mass is 9.85. The fourth-order valence-electron chi connectivity index (χ4n) is 5.27. The van der Waals surface area contributed by atoms with Gasteiger partial charge in [-0.1, -0.05) is 60.2 Å². The molecule has 0 spiro atoms. The fourth-order valence-corrected chi connectivity index (χ4v) is 5.54. The summed E-state index contributed by atoms with van der Waals surface area (Å²) in [6, 6.07) is 16.0. The maximum Gasteiger partial charge on any atom is 0.0523 e. The van der Waals surface area contributed by atoms with Gasteiger partial charge in [-0.25, -0.2) is 0 Å². The van der Waals surface area contributed by atoms with E-state index in [0.29, 0.717) is 12.0 Å². The van der Waals surface area contributed by atoms with Gasteiger partial charge in [0.1, 0.15) is 0 Å². The fraction of sp³-hybridized carbons (Fsp3) is 0.467. The number of hydrogen-bond donors (Lipinski definition) is 1. The number of nitrogens with zero attached hydrogens (tertiary/aromatic N) is 1. The second-order valence-corrected chi connectivity index (χ2v) is 10.4. The number of rotatable bonds is 5. The van der Waals surface area contributed by atoms with Gasteiger partial charge in [0.25, 0.3) is 0 Å². The third-order valence-electron chi connectivity index (χ3n) is 7.61. The highest BCUT2D eigenvalue weighted by Crippen LogP contribution is 2.31. The Hall–Kier alpha value is -2.21. The minimum Gasteiger partial charge on any atom is -0.380 e. The Balaban J connectivity index is 1.28. The van der Waals surface area contributed by atoms with Crippen molar-refractivity contribution in [1.29, 1.82) is 0 Å². The van der Waals surface area contributed by atoms with E-state index in [1.807, 2.05) is 12.1 Å². The summed E-state index contributed by atoms with van der Waals surface area (Å²) in [5.74, 6) is 7.50. The second kappa shape index (κ2) is 9.96. The van der Waals surface area contributed by atoms with Gasteiger partial charge >= 0.3 is 0 Å². The Labute approximate surface area is 204 Å². The van der Waals surface area contributed by atoms with Crippen molar-refractivity contribution in [3.8, 4) is 11.8 Å². The lowest BCUT2D eigenvalue weighted by Gasteiger charge is -2.40. The van der Waals surface area contributed by atoms with Crippen LogP contribution in [0.25, 0.3) is 0 Å². The van der Waals surface area contributed by atoms with E-state index < -0.39 is 0 Å².